The van der Waals surface area contributed by atoms with Gasteiger partial charge in [-0.25, -0.2) is 15.0 Å². The minimum Gasteiger partial charge on any atom is -0.394 e. The molecule has 3 N–H and O–H groups in total. The van der Waals surface area contributed by atoms with Crippen LogP contribution >= 0.6 is 0 Å². The summed E-state index contributed by atoms with van der Waals surface area (Å²) in [4.78, 5) is 12.4. The maximum atomic E-state index is 9.38. The van der Waals surface area contributed by atoms with Crippen LogP contribution in [0.5, 0.6) is 0 Å². The van der Waals surface area contributed by atoms with E-state index < -0.39 is 0 Å². The zero-order valence-electron chi connectivity index (χ0n) is 10.9. The normalized spacial score (nSPS) is 26.1. The summed E-state index contributed by atoms with van der Waals surface area (Å²) in [6, 6.07) is 0. The number of aliphatic hydroxyl groups excluding tert-OH is 1. The van der Waals surface area contributed by atoms with Crippen molar-refractivity contribution >= 4 is 17.0 Å². The van der Waals surface area contributed by atoms with Gasteiger partial charge in [0.1, 0.15) is 18.1 Å². The molecule has 1 saturated heterocycles. The standard InChI is InChI=1S/C12H17N5O2/c1-12(2)3-8(19-7(12)4-18)17-6-16-9-10(13)14-5-15-11(9)17/h5-8,18H,3-4H2,1-2H3,(H2,13,14,15)/t7?,8-/m1/s1. The van der Waals surface area contributed by atoms with Crippen molar-refractivity contribution in [2.75, 3.05) is 12.3 Å². The van der Waals surface area contributed by atoms with Gasteiger partial charge in [-0.1, -0.05) is 13.8 Å². The molecule has 3 heterocycles. The van der Waals surface area contributed by atoms with Crippen LogP contribution in [-0.4, -0.2) is 37.3 Å². The summed E-state index contributed by atoms with van der Waals surface area (Å²) in [6.07, 6.45) is 3.49. The predicted octanol–water partition coefficient (Wildman–Crippen LogP) is 0.714. The maximum absolute atomic E-state index is 9.38. The molecule has 2 aromatic heterocycles. The smallest absolute Gasteiger partial charge is 0.167 e. The average Bonchev–Trinajstić information content (AvgIpc) is 2.90. The van der Waals surface area contributed by atoms with Gasteiger partial charge in [-0.05, 0) is 5.41 Å². The van der Waals surface area contributed by atoms with E-state index in [1.807, 2.05) is 4.57 Å². The number of imidazole rings is 1. The van der Waals surface area contributed by atoms with Crippen molar-refractivity contribution in [3.63, 3.8) is 0 Å². The highest BCUT2D eigenvalue weighted by Crippen LogP contribution is 2.43. The second kappa shape index (κ2) is 4.14. The van der Waals surface area contributed by atoms with Crippen molar-refractivity contribution < 1.29 is 9.84 Å². The third kappa shape index (κ3) is 1.85. The largest absolute Gasteiger partial charge is 0.394 e. The molecule has 0 bridgehead atoms. The molecular formula is C12H17N5O2. The molecule has 0 radical (unpaired) electrons. The van der Waals surface area contributed by atoms with E-state index in [0.29, 0.717) is 17.0 Å². The van der Waals surface area contributed by atoms with Crippen LogP contribution in [0.4, 0.5) is 5.82 Å². The van der Waals surface area contributed by atoms with Gasteiger partial charge in [0, 0.05) is 6.42 Å². The SMILES string of the molecule is CC1(C)C[C@H](n2cnc3c(N)ncnc32)OC1CO. The molecule has 7 nitrogen and oxygen atoms in total. The molecule has 0 saturated carbocycles. The Bertz CT molecular complexity index is 609. The van der Waals surface area contributed by atoms with Crippen molar-refractivity contribution in [3.8, 4) is 0 Å². The molecule has 0 spiro atoms. The first-order valence-corrected chi connectivity index (χ1v) is 6.22. The van der Waals surface area contributed by atoms with Crippen molar-refractivity contribution in [3.05, 3.63) is 12.7 Å². The lowest BCUT2D eigenvalue weighted by Gasteiger charge is -2.22. The number of rotatable bonds is 2. The predicted molar refractivity (Wildman–Crippen MR) is 69.1 cm³/mol. The number of aromatic nitrogens is 4. The molecule has 2 atom stereocenters. The number of ether oxygens (including phenoxy) is 1. The molecule has 1 unspecified atom stereocenters. The van der Waals surface area contributed by atoms with Crippen molar-refractivity contribution in [2.45, 2.75) is 32.6 Å². The van der Waals surface area contributed by atoms with Gasteiger partial charge < -0.3 is 15.6 Å². The minimum absolute atomic E-state index is 0.00720. The van der Waals surface area contributed by atoms with E-state index in [2.05, 4.69) is 28.8 Å². The van der Waals surface area contributed by atoms with Crippen molar-refractivity contribution in [1.82, 2.24) is 19.5 Å². The van der Waals surface area contributed by atoms with Gasteiger partial charge in [0.25, 0.3) is 0 Å². The zero-order chi connectivity index (χ0) is 13.6. The topological polar surface area (TPSA) is 99.1 Å². The fourth-order valence-corrected chi connectivity index (χ4v) is 2.54. The van der Waals surface area contributed by atoms with E-state index in [0.717, 1.165) is 6.42 Å². The van der Waals surface area contributed by atoms with Crippen molar-refractivity contribution in [1.29, 1.82) is 0 Å². The molecular weight excluding hydrogens is 246 g/mol. The number of hydrogen-bond acceptors (Lipinski definition) is 6. The number of aliphatic hydroxyl groups is 1. The second-order valence-electron chi connectivity index (χ2n) is 5.54. The van der Waals surface area contributed by atoms with E-state index in [1.165, 1.54) is 6.33 Å². The molecule has 2 aromatic rings. The van der Waals surface area contributed by atoms with Crippen LogP contribution in [0.15, 0.2) is 12.7 Å². The lowest BCUT2D eigenvalue weighted by Crippen LogP contribution is -2.27. The van der Waals surface area contributed by atoms with E-state index in [1.54, 1.807) is 6.33 Å². The zero-order valence-corrected chi connectivity index (χ0v) is 10.9. The summed E-state index contributed by atoms with van der Waals surface area (Å²) in [6.45, 7) is 4.17. The van der Waals surface area contributed by atoms with E-state index in [9.17, 15) is 5.11 Å². The number of nitrogens with zero attached hydrogens (tertiary/aromatic N) is 4. The third-order valence-electron chi connectivity index (χ3n) is 3.76. The van der Waals surface area contributed by atoms with Gasteiger partial charge >= 0.3 is 0 Å². The van der Waals surface area contributed by atoms with Crippen LogP contribution in [-0.2, 0) is 4.74 Å². The molecule has 0 aromatic carbocycles. The summed E-state index contributed by atoms with van der Waals surface area (Å²) < 4.78 is 7.74. The van der Waals surface area contributed by atoms with E-state index in [4.69, 9.17) is 10.5 Å². The molecule has 1 aliphatic rings. The number of nitrogens with two attached hydrogens (primary N) is 1. The van der Waals surface area contributed by atoms with Gasteiger partial charge in [-0.15, -0.1) is 0 Å². The molecule has 3 rings (SSSR count). The monoisotopic (exact) mass is 263 g/mol. The molecule has 1 fully saturated rings. The first kappa shape index (κ1) is 12.3. The Morgan fingerprint density at radius 1 is 1.47 bits per heavy atom. The van der Waals surface area contributed by atoms with Crippen LogP contribution in [0.2, 0.25) is 0 Å². The minimum atomic E-state index is -0.188. The second-order valence-corrected chi connectivity index (χ2v) is 5.54. The van der Waals surface area contributed by atoms with E-state index >= 15 is 0 Å². The van der Waals surface area contributed by atoms with Crippen molar-refractivity contribution in [2.24, 2.45) is 5.41 Å². The van der Waals surface area contributed by atoms with Gasteiger partial charge in [-0.3, -0.25) is 4.57 Å². The fourth-order valence-electron chi connectivity index (χ4n) is 2.54. The summed E-state index contributed by atoms with van der Waals surface area (Å²) in [7, 11) is 0. The Hall–Kier alpha value is -1.73. The third-order valence-corrected chi connectivity index (χ3v) is 3.76. The summed E-state index contributed by atoms with van der Waals surface area (Å²) >= 11 is 0. The molecule has 102 valence electrons. The quantitative estimate of drug-likeness (QED) is 0.828. The molecule has 0 amide bonds. The average molecular weight is 263 g/mol. The Morgan fingerprint density at radius 3 is 2.95 bits per heavy atom. The Morgan fingerprint density at radius 2 is 2.26 bits per heavy atom. The number of fused-ring (bicyclic) bond motifs is 1. The maximum Gasteiger partial charge on any atom is 0.167 e. The lowest BCUT2D eigenvalue weighted by atomic mass is 9.85. The number of nitrogen functional groups attached to an aromatic ring is 1. The summed E-state index contributed by atoms with van der Waals surface area (Å²) in [5.74, 6) is 0.361. The molecule has 19 heavy (non-hydrogen) atoms. The number of anilines is 1. The fraction of sp³-hybridized carbons (Fsp3) is 0.583. The first-order chi connectivity index (χ1) is 9.03. The highest BCUT2D eigenvalue weighted by molar-refractivity contribution is 5.81. The van der Waals surface area contributed by atoms with Crippen LogP contribution in [0, 0.1) is 5.41 Å². The Labute approximate surface area is 110 Å². The summed E-state index contributed by atoms with van der Waals surface area (Å²) in [5.41, 5.74) is 6.92. The molecule has 1 aliphatic heterocycles. The van der Waals surface area contributed by atoms with Gasteiger partial charge in [0.05, 0.1) is 19.0 Å². The lowest BCUT2D eigenvalue weighted by molar-refractivity contribution is -0.0398. The first-order valence-electron chi connectivity index (χ1n) is 6.22. The van der Waals surface area contributed by atoms with Crippen LogP contribution < -0.4 is 5.73 Å². The molecule has 7 heteroatoms. The Kier molecular flexibility index (Phi) is 2.68. The Balaban J connectivity index is 2.00. The van der Waals surface area contributed by atoms with Gasteiger partial charge in [-0.2, -0.15) is 0 Å². The van der Waals surface area contributed by atoms with E-state index in [-0.39, 0.29) is 24.4 Å². The highest BCUT2D eigenvalue weighted by Gasteiger charge is 2.42. The summed E-state index contributed by atoms with van der Waals surface area (Å²) in [5, 5.41) is 9.38. The van der Waals surface area contributed by atoms with Gasteiger partial charge in [0.15, 0.2) is 11.5 Å². The molecule has 0 aliphatic carbocycles. The number of hydrogen-bond donors (Lipinski definition) is 2. The van der Waals surface area contributed by atoms with Crippen LogP contribution in [0.1, 0.15) is 26.5 Å². The highest BCUT2D eigenvalue weighted by atomic mass is 16.5. The van der Waals surface area contributed by atoms with Crippen LogP contribution in [0.3, 0.4) is 0 Å². The van der Waals surface area contributed by atoms with Crippen LogP contribution in [0.25, 0.3) is 11.2 Å². The van der Waals surface area contributed by atoms with Gasteiger partial charge in [0.2, 0.25) is 0 Å².